The molecule has 1 unspecified atom stereocenters. The minimum atomic E-state index is -3.28. The highest BCUT2D eigenvalue weighted by Gasteiger charge is 2.17. The molecule has 1 atom stereocenters. The van der Waals surface area contributed by atoms with Crippen LogP contribution in [0.2, 0.25) is 0 Å². The summed E-state index contributed by atoms with van der Waals surface area (Å²) in [5.41, 5.74) is 0.698. The quantitative estimate of drug-likeness (QED) is 0.688. The lowest BCUT2D eigenvalue weighted by molar-refractivity contribution is 0.0951. The Morgan fingerprint density at radius 1 is 1.32 bits per heavy atom. The van der Waals surface area contributed by atoms with E-state index in [1.54, 1.807) is 37.4 Å². The molecule has 0 aliphatic carbocycles. The molecule has 0 N–H and O–H groups in total. The van der Waals surface area contributed by atoms with Crippen molar-refractivity contribution in [3.05, 3.63) is 42.5 Å². The van der Waals surface area contributed by atoms with Gasteiger partial charge < -0.3 is 4.74 Å². The monoisotopic (exact) mass is 282 g/mol. The maximum absolute atomic E-state index is 12.2. The van der Waals surface area contributed by atoms with E-state index in [1.807, 2.05) is 0 Å². The Balaban J connectivity index is 2.66. The zero-order chi connectivity index (χ0) is 14.3. The fourth-order valence-corrected chi connectivity index (χ4v) is 3.38. The summed E-state index contributed by atoms with van der Waals surface area (Å²) in [4.78, 5) is 0.348. The van der Waals surface area contributed by atoms with E-state index < -0.39 is 9.84 Å². The van der Waals surface area contributed by atoms with Gasteiger partial charge in [-0.15, -0.1) is 0 Å². The summed E-state index contributed by atoms with van der Waals surface area (Å²) < 4.78 is 29.7. The van der Waals surface area contributed by atoms with Gasteiger partial charge in [-0.3, -0.25) is 0 Å². The minimum Gasteiger partial charge on any atom is -0.381 e. The van der Waals surface area contributed by atoms with Crippen LogP contribution >= 0.6 is 0 Å². The van der Waals surface area contributed by atoms with E-state index in [1.165, 1.54) is 0 Å². The standard InChI is InChI=1S/C15H22O3S/c1-4-8-14(18-3)11-13(2)12-19(16,17)15-9-6-5-7-10-15/h5-7,9-10,14H,2,4,8,11-12H2,1,3H3. The first kappa shape index (κ1) is 15.9. The third kappa shape index (κ3) is 5.17. The Labute approximate surface area is 116 Å². The van der Waals surface area contributed by atoms with Crippen LogP contribution in [0.15, 0.2) is 47.4 Å². The molecule has 1 aromatic carbocycles. The minimum absolute atomic E-state index is 0.0133. The van der Waals surface area contributed by atoms with Crippen LogP contribution in [0.5, 0.6) is 0 Å². The summed E-state index contributed by atoms with van der Waals surface area (Å²) in [6.07, 6.45) is 2.58. The third-order valence-corrected chi connectivity index (χ3v) is 4.74. The smallest absolute Gasteiger partial charge is 0.182 e. The highest BCUT2D eigenvalue weighted by molar-refractivity contribution is 7.91. The molecule has 0 saturated heterocycles. The van der Waals surface area contributed by atoms with Crippen molar-refractivity contribution in [3.8, 4) is 0 Å². The summed E-state index contributed by atoms with van der Waals surface area (Å²) >= 11 is 0. The molecular weight excluding hydrogens is 260 g/mol. The van der Waals surface area contributed by atoms with Gasteiger partial charge in [0.05, 0.1) is 16.8 Å². The average molecular weight is 282 g/mol. The first-order valence-electron chi connectivity index (χ1n) is 6.47. The Bertz CT molecular complexity index is 491. The Hall–Kier alpha value is -1.13. The molecule has 1 rings (SSSR count). The van der Waals surface area contributed by atoms with Gasteiger partial charge in [0.15, 0.2) is 9.84 Å². The van der Waals surface area contributed by atoms with Crippen molar-refractivity contribution in [2.24, 2.45) is 0 Å². The number of hydrogen-bond acceptors (Lipinski definition) is 3. The number of benzene rings is 1. The molecule has 0 spiro atoms. The Morgan fingerprint density at radius 2 is 1.95 bits per heavy atom. The molecule has 1 aromatic rings. The summed E-state index contributed by atoms with van der Waals surface area (Å²) in [7, 11) is -1.63. The predicted octanol–water partition coefficient (Wildman–Crippen LogP) is 3.22. The van der Waals surface area contributed by atoms with Crippen LogP contribution in [0, 0.1) is 0 Å². The lowest BCUT2D eigenvalue weighted by Crippen LogP contribution is -2.15. The van der Waals surface area contributed by atoms with Crippen molar-refractivity contribution >= 4 is 9.84 Å². The summed E-state index contributed by atoms with van der Waals surface area (Å²) in [5.74, 6) is -0.0133. The van der Waals surface area contributed by atoms with Crippen molar-refractivity contribution < 1.29 is 13.2 Å². The van der Waals surface area contributed by atoms with Gasteiger partial charge in [-0.25, -0.2) is 8.42 Å². The van der Waals surface area contributed by atoms with Crippen molar-refractivity contribution in [1.82, 2.24) is 0 Å². The zero-order valence-electron chi connectivity index (χ0n) is 11.6. The summed E-state index contributed by atoms with van der Waals surface area (Å²) in [5, 5.41) is 0. The Kier molecular flexibility index (Phi) is 6.25. The van der Waals surface area contributed by atoms with Gasteiger partial charge >= 0.3 is 0 Å². The van der Waals surface area contributed by atoms with Crippen LogP contribution in [-0.2, 0) is 14.6 Å². The van der Waals surface area contributed by atoms with E-state index in [4.69, 9.17) is 4.74 Å². The first-order valence-corrected chi connectivity index (χ1v) is 8.12. The second-order valence-corrected chi connectivity index (χ2v) is 6.66. The molecule has 4 heteroatoms. The van der Waals surface area contributed by atoms with Gasteiger partial charge in [-0.05, 0) is 25.0 Å². The third-order valence-electron chi connectivity index (χ3n) is 2.96. The summed E-state index contributed by atoms with van der Waals surface area (Å²) in [6, 6.07) is 8.48. The summed E-state index contributed by atoms with van der Waals surface area (Å²) in [6.45, 7) is 5.96. The fraction of sp³-hybridized carbons (Fsp3) is 0.467. The van der Waals surface area contributed by atoms with Crippen LogP contribution in [-0.4, -0.2) is 27.4 Å². The first-order chi connectivity index (χ1) is 8.99. The maximum Gasteiger partial charge on any atom is 0.182 e. The highest BCUT2D eigenvalue weighted by atomic mass is 32.2. The van der Waals surface area contributed by atoms with E-state index in [2.05, 4.69) is 13.5 Å². The SMILES string of the molecule is C=C(CC(CCC)OC)CS(=O)(=O)c1ccccc1. The van der Waals surface area contributed by atoms with Gasteiger partial charge in [0, 0.05) is 7.11 Å². The molecule has 0 fully saturated rings. The van der Waals surface area contributed by atoms with Crippen LogP contribution in [0.25, 0.3) is 0 Å². The number of methoxy groups -OCH3 is 1. The van der Waals surface area contributed by atoms with E-state index in [9.17, 15) is 8.42 Å². The van der Waals surface area contributed by atoms with Crippen molar-refractivity contribution in [2.45, 2.75) is 37.2 Å². The zero-order valence-corrected chi connectivity index (χ0v) is 12.4. The molecule has 0 amide bonds. The van der Waals surface area contributed by atoms with Crippen molar-refractivity contribution in [2.75, 3.05) is 12.9 Å². The molecule has 19 heavy (non-hydrogen) atoms. The predicted molar refractivity (Wildman–Crippen MR) is 78.0 cm³/mol. The lowest BCUT2D eigenvalue weighted by atomic mass is 10.1. The molecule has 0 bridgehead atoms. The van der Waals surface area contributed by atoms with E-state index in [0.717, 1.165) is 12.8 Å². The number of hydrogen-bond donors (Lipinski definition) is 0. The van der Waals surface area contributed by atoms with E-state index in [-0.39, 0.29) is 11.9 Å². The molecule has 106 valence electrons. The van der Waals surface area contributed by atoms with Gasteiger partial charge in [0.1, 0.15) is 0 Å². The van der Waals surface area contributed by atoms with Gasteiger partial charge in [-0.1, -0.05) is 43.7 Å². The molecule has 0 aromatic heterocycles. The molecule has 3 nitrogen and oxygen atoms in total. The normalized spacial score (nSPS) is 13.2. The number of rotatable bonds is 8. The van der Waals surface area contributed by atoms with E-state index in [0.29, 0.717) is 16.9 Å². The van der Waals surface area contributed by atoms with Crippen LogP contribution in [0.3, 0.4) is 0 Å². The molecule has 0 heterocycles. The average Bonchev–Trinajstić information content (AvgIpc) is 2.38. The van der Waals surface area contributed by atoms with E-state index >= 15 is 0 Å². The van der Waals surface area contributed by atoms with Crippen LogP contribution < -0.4 is 0 Å². The van der Waals surface area contributed by atoms with Crippen molar-refractivity contribution in [1.29, 1.82) is 0 Å². The maximum atomic E-state index is 12.2. The largest absolute Gasteiger partial charge is 0.381 e. The second-order valence-electron chi connectivity index (χ2n) is 4.67. The lowest BCUT2D eigenvalue weighted by Gasteiger charge is -2.16. The van der Waals surface area contributed by atoms with Gasteiger partial charge in [-0.2, -0.15) is 0 Å². The number of ether oxygens (including phenoxy) is 1. The topological polar surface area (TPSA) is 43.4 Å². The van der Waals surface area contributed by atoms with Gasteiger partial charge in [0.25, 0.3) is 0 Å². The van der Waals surface area contributed by atoms with Crippen molar-refractivity contribution in [3.63, 3.8) is 0 Å². The fourth-order valence-electron chi connectivity index (χ4n) is 1.99. The second kappa shape index (κ2) is 7.46. The Morgan fingerprint density at radius 3 is 2.47 bits per heavy atom. The highest BCUT2D eigenvalue weighted by Crippen LogP contribution is 2.17. The molecule has 0 aliphatic rings. The molecule has 0 radical (unpaired) electrons. The van der Waals surface area contributed by atoms with Crippen LogP contribution in [0.4, 0.5) is 0 Å². The van der Waals surface area contributed by atoms with Crippen LogP contribution in [0.1, 0.15) is 26.2 Å². The molecular formula is C15H22O3S. The number of sulfone groups is 1. The molecule has 0 aliphatic heterocycles. The van der Waals surface area contributed by atoms with Gasteiger partial charge in [0.2, 0.25) is 0 Å². The molecule has 0 saturated carbocycles.